The van der Waals surface area contributed by atoms with Gasteiger partial charge in [-0.15, -0.1) is 0 Å². The van der Waals surface area contributed by atoms with Gasteiger partial charge >= 0.3 is 6.03 Å². The van der Waals surface area contributed by atoms with Crippen molar-refractivity contribution in [2.24, 2.45) is 0 Å². The topological polar surface area (TPSA) is 32.3 Å². The molecule has 3 heteroatoms. The number of urea groups is 1. The van der Waals surface area contributed by atoms with Crippen molar-refractivity contribution in [3.8, 4) is 0 Å². The van der Waals surface area contributed by atoms with Gasteiger partial charge in [0.15, 0.2) is 0 Å². The minimum atomic E-state index is -0.146. The zero-order valence-electron chi connectivity index (χ0n) is 9.37. The number of carbonyl (C=O) groups is 1. The highest BCUT2D eigenvalue weighted by atomic mass is 16.2. The van der Waals surface area contributed by atoms with Gasteiger partial charge in [-0.25, -0.2) is 4.79 Å². The molecule has 80 valence electrons. The minimum absolute atomic E-state index is 0.0103. The Kier molecular flexibility index (Phi) is 2.18. The van der Waals surface area contributed by atoms with Crippen LogP contribution < -0.4 is 10.2 Å². The highest BCUT2D eigenvalue weighted by molar-refractivity contribution is 5.95. The van der Waals surface area contributed by atoms with Crippen LogP contribution >= 0.6 is 0 Å². The quantitative estimate of drug-likeness (QED) is 0.748. The molecular weight excluding hydrogens is 188 g/mol. The maximum Gasteiger partial charge on any atom is 0.322 e. The molecule has 15 heavy (non-hydrogen) atoms. The molecule has 1 aromatic rings. The maximum absolute atomic E-state index is 11.7. The summed E-state index contributed by atoms with van der Waals surface area (Å²) < 4.78 is 0. The predicted octanol–water partition coefficient (Wildman–Crippen LogP) is 2.30. The fourth-order valence-electron chi connectivity index (χ4n) is 1.89. The number of rotatable bonds is 1. The maximum atomic E-state index is 11.7. The molecular formula is C12H16N2O. The third kappa shape index (κ3) is 1.69. The minimum Gasteiger partial charge on any atom is -0.335 e. The SMILES string of the molecule is Cc1ccc(N2C(=O)NCC2(C)C)cc1. The van der Waals surface area contributed by atoms with Gasteiger partial charge in [-0.1, -0.05) is 17.7 Å². The Morgan fingerprint density at radius 1 is 1.27 bits per heavy atom. The first kappa shape index (κ1) is 10.0. The van der Waals surface area contributed by atoms with Crippen molar-refractivity contribution in [3.63, 3.8) is 0 Å². The first-order chi connectivity index (χ1) is 7.00. The van der Waals surface area contributed by atoms with Crippen LogP contribution in [0.1, 0.15) is 19.4 Å². The van der Waals surface area contributed by atoms with Gasteiger partial charge in [0.05, 0.1) is 5.54 Å². The Hall–Kier alpha value is -1.51. The first-order valence-electron chi connectivity index (χ1n) is 5.15. The van der Waals surface area contributed by atoms with Gasteiger partial charge in [0.25, 0.3) is 0 Å². The van der Waals surface area contributed by atoms with Crippen LogP contribution in [0.4, 0.5) is 10.5 Å². The second-order valence-corrected chi connectivity index (χ2v) is 4.64. The molecule has 0 bridgehead atoms. The number of amides is 2. The normalized spacial score (nSPS) is 19.1. The molecule has 1 saturated heterocycles. The molecule has 1 aliphatic rings. The number of benzene rings is 1. The largest absolute Gasteiger partial charge is 0.335 e. The van der Waals surface area contributed by atoms with Crippen molar-refractivity contribution >= 4 is 11.7 Å². The van der Waals surface area contributed by atoms with E-state index in [9.17, 15) is 4.79 Å². The van der Waals surface area contributed by atoms with Crippen molar-refractivity contribution < 1.29 is 4.79 Å². The van der Waals surface area contributed by atoms with Crippen molar-refractivity contribution in [2.75, 3.05) is 11.4 Å². The molecule has 0 aliphatic carbocycles. The summed E-state index contributed by atoms with van der Waals surface area (Å²) in [7, 11) is 0. The van der Waals surface area contributed by atoms with Gasteiger partial charge in [-0.05, 0) is 32.9 Å². The lowest BCUT2D eigenvalue weighted by atomic mass is 10.0. The van der Waals surface area contributed by atoms with Crippen molar-refractivity contribution in [1.29, 1.82) is 0 Å². The standard InChI is InChI=1S/C12H16N2O/c1-9-4-6-10(7-5-9)14-11(15)13-8-12(14,2)3/h4-7H,8H2,1-3H3,(H,13,15). The van der Waals surface area contributed by atoms with Crippen molar-refractivity contribution in [1.82, 2.24) is 5.32 Å². The number of aryl methyl sites for hydroxylation is 1. The summed E-state index contributed by atoms with van der Waals surface area (Å²) in [5, 5.41) is 2.86. The van der Waals surface area contributed by atoms with Crippen LogP contribution in [-0.2, 0) is 0 Å². The number of nitrogens with zero attached hydrogens (tertiary/aromatic N) is 1. The smallest absolute Gasteiger partial charge is 0.322 e. The van der Waals surface area contributed by atoms with E-state index >= 15 is 0 Å². The lowest BCUT2D eigenvalue weighted by molar-refractivity contribution is 0.251. The third-order valence-electron chi connectivity index (χ3n) is 2.77. The lowest BCUT2D eigenvalue weighted by Gasteiger charge is -2.29. The molecule has 2 rings (SSSR count). The number of anilines is 1. The van der Waals surface area contributed by atoms with Gasteiger partial charge in [0, 0.05) is 12.2 Å². The Balaban J connectivity index is 2.37. The Labute approximate surface area is 90.1 Å². The van der Waals surface area contributed by atoms with Gasteiger partial charge in [0.1, 0.15) is 0 Å². The second kappa shape index (κ2) is 3.26. The predicted molar refractivity (Wildman–Crippen MR) is 61.1 cm³/mol. The van der Waals surface area contributed by atoms with E-state index in [1.807, 2.05) is 36.1 Å². The van der Waals surface area contributed by atoms with E-state index in [0.717, 1.165) is 5.69 Å². The summed E-state index contributed by atoms with van der Waals surface area (Å²) in [6.45, 7) is 6.86. The highest BCUT2D eigenvalue weighted by Gasteiger charge is 2.38. The van der Waals surface area contributed by atoms with E-state index in [4.69, 9.17) is 0 Å². The van der Waals surface area contributed by atoms with Crippen molar-refractivity contribution in [3.05, 3.63) is 29.8 Å². The van der Waals surface area contributed by atoms with Gasteiger partial charge in [0.2, 0.25) is 0 Å². The number of hydrogen-bond acceptors (Lipinski definition) is 1. The molecule has 1 aromatic carbocycles. The van der Waals surface area contributed by atoms with Crippen molar-refractivity contribution in [2.45, 2.75) is 26.3 Å². The molecule has 3 nitrogen and oxygen atoms in total. The van der Waals surface area contributed by atoms with E-state index in [1.54, 1.807) is 0 Å². The van der Waals surface area contributed by atoms with E-state index in [2.05, 4.69) is 19.2 Å². The summed E-state index contributed by atoms with van der Waals surface area (Å²) in [4.78, 5) is 13.5. The van der Waals surface area contributed by atoms with Crippen LogP contribution in [0, 0.1) is 6.92 Å². The van der Waals surface area contributed by atoms with Crippen LogP contribution in [0.5, 0.6) is 0 Å². The molecule has 0 spiro atoms. The van der Waals surface area contributed by atoms with Gasteiger partial charge < -0.3 is 5.32 Å². The Morgan fingerprint density at radius 2 is 1.87 bits per heavy atom. The molecule has 1 fully saturated rings. The second-order valence-electron chi connectivity index (χ2n) is 4.64. The molecule has 1 aliphatic heterocycles. The molecule has 0 atom stereocenters. The first-order valence-corrected chi connectivity index (χ1v) is 5.15. The van der Waals surface area contributed by atoms with E-state index in [-0.39, 0.29) is 11.6 Å². The summed E-state index contributed by atoms with van der Waals surface area (Å²) in [6.07, 6.45) is 0. The van der Waals surface area contributed by atoms with Gasteiger partial charge in [-0.2, -0.15) is 0 Å². The van der Waals surface area contributed by atoms with Crippen LogP contribution in [0.15, 0.2) is 24.3 Å². The number of hydrogen-bond donors (Lipinski definition) is 1. The summed E-state index contributed by atoms with van der Waals surface area (Å²) in [6, 6.07) is 8.02. The molecule has 2 amide bonds. The monoisotopic (exact) mass is 204 g/mol. The third-order valence-corrected chi connectivity index (χ3v) is 2.77. The zero-order valence-corrected chi connectivity index (χ0v) is 9.37. The number of carbonyl (C=O) groups excluding carboxylic acids is 1. The molecule has 0 saturated carbocycles. The van der Waals surface area contributed by atoms with Crippen LogP contribution in [0.3, 0.4) is 0 Å². The fraction of sp³-hybridized carbons (Fsp3) is 0.417. The molecule has 1 N–H and O–H groups in total. The van der Waals surface area contributed by atoms with E-state index in [1.165, 1.54) is 5.56 Å². The fourth-order valence-corrected chi connectivity index (χ4v) is 1.89. The molecule has 1 heterocycles. The van der Waals surface area contributed by atoms with Crippen LogP contribution in [0.25, 0.3) is 0 Å². The summed E-state index contributed by atoms with van der Waals surface area (Å²) in [5.41, 5.74) is 2.02. The average Bonchev–Trinajstić information content (AvgIpc) is 2.43. The van der Waals surface area contributed by atoms with Crippen LogP contribution in [0.2, 0.25) is 0 Å². The Morgan fingerprint density at radius 3 is 2.33 bits per heavy atom. The highest BCUT2D eigenvalue weighted by Crippen LogP contribution is 2.27. The molecule has 0 aromatic heterocycles. The average molecular weight is 204 g/mol. The van der Waals surface area contributed by atoms with Gasteiger partial charge in [-0.3, -0.25) is 4.90 Å². The molecule has 0 radical (unpaired) electrons. The summed E-state index contributed by atoms with van der Waals surface area (Å²) in [5.74, 6) is 0. The van der Waals surface area contributed by atoms with E-state index < -0.39 is 0 Å². The zero-order chi connectivity index (χ0) is 11.1. The Bertz CT molecular complexity index is 381. The van der Waals surface area contributed by atoms with Crippen LogP contribution in [-0.4, -0.2) is 18.1 Å². The molecule has 0 unspecified atom stereocenters. The lowest BCUT2D eigenvalue weighted by Crippen LogP contribution is -2.42. The van der Waals surface area contributed by atoms with E-state index in [0.29, 0.717) is 6.54 Å². The summed E-state index contributed by atoms with van der Waals surface area (Å²) >= 11 is 0. The number of nitrogens with one attached hydrogen (secondary N) is 1.